The maximum absolute atomic E-state index is 12.2. The summed E-state index contributed by atoms with van der Waals surface area (Å²) in [5.74, 6) is -0.104. The zero-order valence-electron chi connectivity index (χ0n) is 16.6. The number of rotatable bonds is 7. The lowest BCUT2D eigenvalue weighted by Crippen LogP contribution is -2.21. The van der Waals surface area contributed by atoms with Crippen LogP contribution >= 0.6 is 11.3 Å². The molecule has 166 valence electrons. The molecule has 0 unspecified atom stereocenters. The monoisotopic (exact) mass is 474 g/mol. The number of benzene rings is 2. The summed E-state index contributed by atoms with van der Waals surface area (Å²) in [6.45, 7) is 0.409. The number of carbonyl (C=O) groups excluding carboxylic acids is 2. The fourth-order valence-corrected chi connectivity index (χ4v) is 4.88. The van der Waals surface area contributed by atoms with E-state index in [1.165, 1.54) is 30.3 Å². The Hall–Kier alpha value is -3.57. The van der Waals surface area contributed by atoms with Gasteiger partial charge in [-0.25, -0.2) is 13.2 Å². The molecule has 0 bridgehead atoms. The van der Waals surface area contributed by atoms with Crippen LogP contribution in [-0.4, -0.2) is 40.1 Å². The number of fused-ring (bicyclic) bond motifs is 1. The number of hydrogen-bond acceptors (Lipinski definition) is 8. The van der Waals surface area contributed by atoms with Crippen LogP contribution in [0.3, 0.4) is 0 Å². The second kappa shape index (κ2) is 9.28. The van der Waals surface area contributed by atoms with Gasteiger partial charge in [0.2, 0.25) is 0 Å². The average molecular weight is 475 g/mol. The molecule has 0 fully saturated rings. The Balaban J connectivity index is 1.30. The van der Waals surface area contributed by atoms with Gasteiger partial charge < -0.3 is 19.5 Å². The van der Waals surface area contributed by atoms with Gasteiger partial charge in [-0.2, -0.15) is 0 Å². The Bertz CT molecular complexity index is 1220. The summed E-state index contributed by atoms with van der Waals surface area (Å²) in [6.07, 6.45) is 0. The minimum atomic E-state index is -3.68. The van der Waals surface area contributed by atoms with Crippen LogP contribution in [0.1, 0.15) is 10.4 Å². The topological polar surface area (TPSA) is 120 Å². The van der Waals surface area contributed by atoms with Gasteiger partial charge in [0.05, 0.1) is 5.56 Å². The zero-order chi connectivity index (χ0) is 22.6. The number of amides is 1. The molecule has 0 spiro atoms. The van der Waals surface area contributed by atoms with Crippen molar-refractivity contribution in [2.75, 3.05) is 29.9 Å². The third-order valence-corrected chi connectivity index (χ3v) is 7.07. The third kappa shape index (κ3) is 5.18. The van der Waals surface area contributed by atoms with Crippen LogP contribution in [0.2, 0.25) is 0 Å². The lowest BCUT2D eigenvalue weighted by molar-refractivity contribution is -0.119. The molecule has 0 saturated carbocycles. The quantitative estimate of drug-likeness (QED) is 0.505. The predicted molar refractivity (Wildman–Crippen MR) is 118 cm³/mol. The van der Waals surface area contributed by atoms with E-state index in [9.17, 15) is 18.0 Å². The molecule has 0 saturated heterocycles. The van der Waals surface area contributed by atoms with Crippen LogP contribution in [0.4, 0.5) is 11.4 Å². The first-order valence-corrected chi connectivity index (χ1v) is 11.8. The molecule has 0 radical (unpaired) electrons. The van der Waals surface area contributed by atoms with Gasteiger partial charge in [-0.3, -0.25) is 9.52 Å². The first kappa shape index (κ1) is 21.7. The fourth-order valence-electron chi connectivity index (χ4n) is 2.83. The molecule has 1 aliphatic heterocycles. The van der Waals surface area contributed by atoms with E-state index in [0.29, 0.717) is 36.1 Å². The van der Waals surface area contributed by atoms with Crippen molar-refractivity contribution < 1.29 is 32.2 Å². The first-order chi connectivity index (χ1) is 15.4. The summed E-state index contributed by atoms with van der Waals surface area (Å²) in [5, 5.41) is 4.28. The van der Waals surface area contributed by atoms with Gasteiger partial charge in [0.15, 0.2) is 18.1 Å². The highest BCUT2D eigenvalue weighted by molar-refractivity contribution is 7.94. The van der Waals surface area contributed by atoms with E-state index in [0.717, 1.165) is 11.3 Å². The zero-order valence-corrected chi connectivity index (χ0v) is 18.2. The number of hydrogen-bond donors (Lipinski definition) is 2. The first-order valence-electron chi connectivity index (χ1n) is 9.44. The molecular formula is C21H18N2O7S2. The van der Waals surface area contributed by atoms with Crippen molar-refractivity contribution in [2.45, 2.75) is 4.21 Å². The Morgan fingerprint density at radius 2 is 1.69 bits per heavy atom. The molecule has 2 aromatic carbocycles. The van der Waals surface area contributed by atoms with E-state index in [2.05, 4.69) is 10.0 Å². The molecule has 32 heavy (non-hydrogen) atoms. The molecule has 9 nitrogen and oxygen atoms in total. The molecular weight excluding hydrogens is 456 g/mol. The van der Waals surface area contributed by atoms with Gasteiger partial charge in [-0.15, -0.1) is 11.3 Å². The molecule has 1 aliphatic rings. The van der Waals surface area contributed by atoms with Crippen molar-refractivity contribution >= 4 is 44.6 Å². The van der Waals surface area contributed by atoms with Crippen LogP contribution < -0.4 is 19.5 Å². The second-order valence-electron chi connectivity index (χ2n) is 6.60. The van der Waals surface area contributed by atoms with Crippen molar-refractivity contribution in [3.05, 3.63) is 65.5 Å². The van der Waals surface area contributed by atoms with Crippen molar-refractivity contribution in [2.24, 2.45) is 0 Å². The van der Waals surface area contributed by atoms with Crippen LogP contribution in [0, 0.1) is 0 Å². The number of thiophene rings is 1. The van der Waals surface area contributed by atoms with Gasteiger partial charge in [0.25, 0.3) is 15.9 Å². The highest BCUT2D eigenvalue weighted by Crippen LogP contribution is 2.32. The smallest absolute Gasteiger partial charge is 0.338 e. The highest BCUT2D eigenvalue weighted by Gasteiger charge is 2.17. The highest BCUT2D eigenvalue weighted by atomic mass is 32.2. The van der Waals surface area contributed by atoms with Gasteiger partial charge in [-0.1, -0.05) is 6.07 Å². The van der Waals surface area contributed by atoms with Crippen LogP contribution in [0.5, 0.6) is 11.5 Å². The molecule has 0 atom stereocenters. The molecule has 4 rings (SSSR count). The molecule has 3 aromatic rings. The number of ether oxygens (including phenoxy) is 3. The van der Waals surface area contributed by atoms with Crippen molar-refractivity contribution in [1.82, 2.24) is 0 Å². The van der Waals surface area contributed by atoms with E-state index in [-0.39, 0.29) is 9.77 Å². The second-order valence-corrected chi connectivity index (χ2v) is 9.45. The Morgan fingerprint density at radius 3 is 2.41 bits per heavy atom. The van der Waals surface area contributed by atoms with E-state index in [1.54, 1.807) is 29.6 Å². The number of nitrogens with one attached hydrogen (secondary N) is 2. The van der Waals surface area contributed by atoms with Crippen LogP contribution in [0.25, 0.3) is 0 Å². The summed E-state index contributed by atoms with van der Waals surface area (Å²) in [4.78, 5) is 24.3. The van der Waals surface area contributed by atoms with Gasteiger partial charge >= 0.3 is 5.97 Å². The fraction of sp³-hybridized carbons (Fsp3) is 0.143. The third-order valence-electron chi connectivity index (χ3n) is 4.29. The largest absolute Gasteiger partial charge is 0.486 e. The van der Waals surface area contributed by atoms with E-state index in [4.69, 9.17) is 14.2 Å². The summed E-state index contributed by atoms with van der Waals surface area (Å²) < 4.78 is 43.0. The molecule has 2 N–H and O–H groups in total. The lowest BCUT2D eigenvalue weighted by atomic mass is 10.2. The summed E-state index contributed by atoms with van der Waals surface area (Å²) in [7, 11) is -3.68. The molecule has 11 heteroatoms. The normalized spacial score (nSPS) is 12.6. The van der Waals surface area contributed by atoms with Gasteiger partial charge in [-0.05, 0) is 47.8 Å². The van der Waals surface area contributed by atoms with E-state index in [1.807, 2.05) is 0 Å². The summed E-state index contributed by atoms with van der Waals surface area (Å²) in [5.41, 5.74) is 0.958. The molecule has 2 heterocycles. The number of carbonyl (C=O) groups is 2. The maximum atomic E-state index is 12.2. The number of esters is 1. The van der Waals surface area contributed by atoms with Gasteiger partial charge in [0, 0.05) is 17.4 Å². The Morgan fingerprint density at radius 1 is 0.969 bits per heavy atom. The Labute approximate surface area is 188 Å². The number of anilines is 2. The summed E-state index contributed by atoms with van der Waals surface area (Å²) in [6, 6.07) is 13.8. The van der Waals surface area contributed by atoms with Gasteiger partial charge in [0.1, 0.15) is 17.4 Å². The van der Waals surface area contributed by atoms with E-state index >= 15 is 0 Å². The van der Waals surface area contributed by atoms with E-state index < -0.39 is 28.5 Å². The minimum absolute atomic E-state index is 0.177. The predicted octanol–water partition coefficient (Wildman–Crippen LogP) is 3.12. The lowest BCUT2D eigenvalue weighted by Gasteiger charge is -2.19. The van der Waals surface area contributed by atoms with Crippen LogP contribution in [-0.2, 0) is 19.6 Å². The summed E-state index contributed by atoms with van der Waals surface area (Å²) >= 11 is 1.10. The van der Waals surface area contributed by atoms with Crippen LogP contribution in [0.15, 0.2) is 64.2 Å². The maximum Gasteiger partial charge on any atom is 0.338 e. The molecule has 1 aromatic heterocycles. The van der Waals surface area contributed by atoms with Crippen molar-refractivity contribution in [1.29, 1.82) is 0 Å². The Kier molecular flexibility index (Phi) is 6.28. The number of sulfonamides is 1. The van der Waals surface area contributed by atoms with Crippen molar-refractivity contribution in [3.63, 3.8) is 0 Å². The minimum Gasteiger partial charge on any atom is -0.486 e. The molecule has 1 amide bonds. The standard InChI is InChI=1S/C21H18N2O7S2/c24-19(22-16-7-8-17-18(12-16)29-10-9-28-17)13-30-21(25)14-3-5-15(6-4-14)23-32(26,27)20-2-1-11-31-20/h1-8,11-12,23H,9-10,13H2,(H,22,24). The SMILES string of the molecule is O=C(COC(=O)c1ccc(NS(=O)(=O)c2cccs2)cc1)Nc1ccc2c(c1)OCCO2. The molecule has 0 aliphatic carbocycles. The van der Waals surface area contributed by atoms with Crippen molar-refractivity contribution in [3.8, 4) is 11.5 Å². The average Bonchev–Trinajstić information content (AvgIpc) is 3.34.